The highest BCUT2D eigenvalue weighted by atomic mass is 16.5. The van der Waals surface area contributed by atoms with E-state index in [2.05, 4.69) is 20.2 Å². The van der Waals surface area contributed by atoms with Gasteiger partial charge in [-0.1, -0.05) is 20.8 Å². The summed E-state index contributed by atoms with van der Waals surface area (Å²) in [6, 6.07) is 0.278. The number of amides is 1. The number of methoxy groups -OCH3 is 2. The summed E-state index contributed by atoms with van der Waals surface area (Å²) < 4.78 is 16.4. The van der Waals surface area contributed by atoms with Gasteiger partial charge in [-0.15, -0.1) is 0 Å². The van der Waals surface area contributed by atoms with Crippen LogP contribution in [0.4, 0.5) is 11.6 Å². The number of morpholine rings is 1. The molecular weight excluding hydrogens is 324 g/mol. The van der Waals surface area contributed by atoms with Crippen molar-refractivity contribution in [3.05, 3.63) is 0 Å². The lowest BCUT2D eigenvalue weighted by molar-refractivity contribution is -0.117. The molecule has 2 saturated heterocycles. The molecule has 8 heteroatoms. The van der Waals surface area contributed by atoms with Crippen LogP contribution < -0.4 is 19.7 Å². The van der Waals surface area contributed by atoms with E-state index in [1.807, 2.05) is 20.8 Å². The average molecular weight is 350 g/mol. The van der Waals surface area contributed by atoms with Crippen LogP contribution >= 0.6 is 0 Å². The van der Waals surface area contributed by atoms with E-state index in [1.54, 1.807) is 0 Å². The second kappa shape index (κ2) is 6.67. The Hall–Kier alpha value is -2.09. The van der Waals surface area contributed by atoms with E-state index in [9.17, 15) is 4.79 Å². The van der Waals surface area contributed by atoms with E-state index >= 15 is 0 Å². The lowest BCUT2D eigenvalue weighted by atomic mass is 9.92. The molecule has 0 saturated carbocycles. The number of fused-ring (bicyclic) bond motifs is 2. The first-order valence-electron chi connectivity index (χ1n) is 8.49. The molecule has 1 N–H and O–H groups in total. The van der Waals surface area contributed by atoms with E-state index in [0.29, 0.717) is 36.4 Å². The molecule has 0 aliphatic carbocycles. The van der Waals surface area contributed by atoms with Crippen LogP contribution in [0.2, 0.25) is 0 Å². The van der Waals surface area contributed by atoms with Crippen molar-refractivity contribution < 1.29 is 19.0 Å². The number of aromatic nitrogens is 2. The Balaban J connectivity index is 1.87. The van der Waals surface area contributed by atoms with Crippen LogP contribution in [0.5, 0.6) is 11.8 Å². The Labute approximate surface area is 147 Å². The molecule has 0 unspecified atom stereocenters. The van der Waals surface area contributed by atoms with E-state index in [1.165, 1.54) is 14.2 Å². The van der Waals surface area contributed by atoms with Gasteiger partial charge in [0.25, 0.3) is 0 Å². The van der Waals surface area contributed by atoms with Crippen molar-refractivity contribution in [3.63, 3.8) is 0 Å². The van der Waals surface area contributed by atoms with Gasteiger partial charge < -0.3 is 24.4 Å². The summed E-state index contributed by atoms with van der Waals surface area (Å²) in [6.07, 6.45) is 1.59. The SMILES string of the molecule is COc1nc(N2C[C@@H]3C[C@H]2CO3)nc(OC)c1NC(=O)CC(C)(C)C. The minimum Gasteiger partial charge on any atom is -0.479 e. The highest BCUT2D eigenvalue weighted by molar-refractivity contribution is 5.93. The monoisotopic (exact) mass is 350 g/mol. The zero-order valence-electron chi connectivity index (χ0n) is 15.5. The molecule has 3 heterocycles. The summed E-state index contributed by atoms with van der Waals surface area (Å²) in [5, 5.41) is 2.83. The molecule has 1 amide bonds. The van der Waals surface area contributed by atoms with Crippen LogP contribution in [-0.2, 0) is 9.53 Å². The predicted molar refractivity (Wildman–Crippen MR) is 93.3 cm³/mol. The Morgan fingerprint density at radius 1 is 1.28 bits per heavy atom. The predicted octanol–water partition coefficient (Wildman–Crippen LogP) is 1.85. The van der Waals surface area contributed by atoms with Crippen LogP contribution in [0.25, 0.3) is 0 Å². The summed E-state index contributed by atoms with van der Waals surface area (Å²) in [5.74, 6) is 1.01. The number of nitrogens with zero attached hydrogens (tertiary/aromatic N) is 3. The van der Waals surface area contributed by atoms with Gasteiger partial charge in [-0.2, -0.15) is 9.97 Å². The first-order chi connectivity index (χ1) is 11.8. The summed E-state index contributed by atoms with van der Waals surface area (Å²) >= 11 is 0. The zero-order chi connectivity index (χ0) is 18.2. The van der Waals surface area contributed by atoms with Gasteiger partial charge in [-0.3, -0.25) is 4.79 Å². The number of carbonyl (C=O) groups is 1. The number of nitrogens with one attached hydrogen (secondary N) is 1. The molecule has 0 spiro atoms. The van der Waals surface area contributed by atoms with Gasteiger partial charge in [0.2, 0.25) is 23.6 Å². The number of anilines is 2. The van der Waals surface area contributed by atoms with Crippen LogP contribution in [0.3, 0.4) is 0 Å². The van der Waals surface area contributed by atoms with E-state index in [0.717, 1.165) is 13.0 Å². The minimum absolute atomic E-state index is 0.125. The highest BCUT2D eigenvalue weighted by Gasteiger charge is 2.41. The number of carbonyl (C=O) groups excluding carboxylic acids is 1. The Kier molecular flexibility index (Phi) is 4.73. The van der Waals surface area contributed by atoms with Crippen molar-refractivity contribution in [1.82, 2.24) is 9.97 Å². The fourth-order valence-electron chi connectivity index (χ4n) is 3.25. The van der Waals surface area contributed by atoms with Crippen LogP contribution in [-0.4, -0.2) is 55.4 Å². The van der Waals surface area contributed by atoms with E-state index < -0.39 is 0 Å². The third kappa shape index (κ3) is 3.78. The van der Waals surface area contributed by atoms with Crippen LogP contribution in [0.1, 0.15) is 33.6 Å². The molecule has 1 aromatic rings. The van der Waals surface area contributed by atoms with Gasteiger partial charge >= 0.3 is 0 Å². The third-order valence-electron chi connectivity index (χ3n) is 4.33. The van der Waals surface area contributed by atoms with Crippen molar-refractivity contribution in [1.29, 1.82) is 0 Å². The quantitative estimate of drug-likeness (QED) is 0.867. The Morgan fingerprint density at radius 3 is 2.36 bits per heavy atom. The van der Waals surface area contributed by atoms with Gasteiger partial charge in [0.15, 0.2) is 5.69 Å². The molecule has 25 heavy (non-hydrogen) atoms. The molecule has 2 aliphatic heterocycles. The molecule has 2 atom stereocenters. The van der Waals surface area contributed by atoms with Gasteiger partial charge in [-0.05, 0) is 11.8 Å². The number of hydrogen-bond donors (Lipinski definition) is 1. The third-order valence-corrected chi connectivity index (χ3v) is 4.33. The molecule has 1 aromatic heterocycles. The second-order valence-electron chi connectivity index (χ2n) is 7.70. The molecule has 8 nitrogen and oxygen atoms in total. The largest absolute Gasteiger partial charge is 0.479 e. The fourth-order valence-corrected chi connectivity index (χ4v) is 3.25. The van der Waals surface area contributed by atoms with Gasteiger partial charge in [0, 0.05) is 13.0 Å². The average Bonchev–Trinajstić information content (AvgIpc) is 3.16. The normalized spacial score (nSPS) is 22.2. The summed E-state index contributed by atoms with van der Waals surface area (Å²) in [6.45, 7) is 7.46. The molecular formula is C17H26N4O4. The lowest BCUT2D eigenvalue weighted by Crippen LogP contribution is -2.38. The van der Waals surface area contributed by atoms with Crippen molar-refractivity contribution >= 4 is 17.5 Å². The maximum absolute atomic E-state index is 12.3. The fraction of sp³-hybridized carbons (Fsp3) is 0.706. The van der Waals surface area contributed by atoms with Crippen LogP contribution in [0.15, 0.2) is 0 Å². The molecule has 138 valence electrons. The minimum atomic E-state index is -0.130. The molecule has 2 aliphatic rings. The molecule has 3 rings (SSSR count). The second-order valence-corrected chi connectivity index (χ2v) is 7.70. The smallest absolute Gasteiger partial charge is 0.246 e. The van der Waals surface area contributed by atoms with Crippen LogP contribution in [0, 0.1) is 5.41 Å². The topological polar surface area (TPSA) is 85.8 Å². The first-order valence-corrected chi connectivity index (χ1v) is 8.49. The number of hydrogen-bond acceptors (Lipinski definition) is 7. The van der Waals surface area contributed by atoms with Crippen molar-refractivity contribution in [3.8, 4) is 11.8 Å². The van der Waals surface area contributed by atoms with E-state index in [-0.39, 0.29) is 23.5 Å². The zero-order valence-corrected chi connectivity index (χ0v) is 15.5. The van der Waals surface area contributed by atoms with Crippen molar-refractivity contribution in [2.45, 2.75) is 45.8 Å². The summed E-state index contributed by atoms with van der Waals surface area (Å²) in [7, 11) is 3.04. The van der Waals surface area contributed by atoms with E-state index in [4.69, 9.17) is 14.2 Å². The summed E-state index contributed by atoms with van der Waals surface area (Å²) in [4.78, 5) is 23.4. The number of ether oxygens (including phenoxy) is 3. The van der Waals surface area contributed by atoms with Gasteiger partial charge in [0.05, 0.1) is 33.0 Å². The molecule has 2 bridgehead atoms. The maximum Gasteiger partial charge on any atom is 0.246 e. The highest BCUT2D eigenvalue weighted by Crippen LogP contribution is 2.37. The van der Waals surface area contributed by atoms with Crippen molar-refractivity contribution in [2.24, 2.45) is 5.41 Å². The number of rotatable bonds is 5. The molecule has 0 radical (unpaired) electrons. The molecule has 2 fully saturated rings. The van der Waals surface area contributed by atoms with Crippen molar-refractivity contribution in [2.75, 3.05) is 37.6 Å². The summed E-state index contributed by atoms with van der Waals surface area (Å²) in [5.41, 5.74) is 0.240. The Morgan fingerprint density at radius 2 is 1.92 bits per heavy atom. The Bertz CT molecular complexity index is 634. The molecule has 0 aromatic carbocycles. The maximum atomic E-state index is 12.3. The van der Waals surface area contributed by atoms with Gasteiger partial charge in [0.1, 0.15) is 0 Å². The first kappa shape index (κ1) is 17.7. The standard InChI is InChI=1S/C17H26N4O4/c1-17(2,3)7-12(22)18-13-14(23-4)19-16(20-15(13)24-5)21-8-11-6-10(21)9-25-11/h10-11H,6-9H2,1-5H3,(H,18,22)/t10-,11-/m0/s1. The lowest BCUT2D eigenvalue weighted by Gasteiger charge is -2.27. The van der Waals surface area contributed by atoms with Gasteiger partial charge in [-0.25, -0.2) is 0 Å².